The SMILES string of the molecule is Cc1c(CNC2CC2)oc2cc3c(cc12)CCCC3. The highest BCUT2D eigenvalue weighted by molar-refractivity contribution is 5.83. The van der Waals surface area contributed by atoms with E-state index in [0.717, 1.165) is 23.9 Å². The monoisotopic (exact) mass is 255 g/mol. The molecule has 0 amide bonds. The van der Waals surface area contributed by atoms with Crippen LogP contribution in [-0.4, -0.2) is 6.04 Å². The second kappa shape index (κ2) is 4.38. The molecule has 0 unspecified atom stereocenters. The molecule has 0 saturated heterocycles. The van der Waals surface area contributed by atoms with Gasteiger partial charge in [0, 0.05) is 11.4 Å². The Morgan fingerprint density at radius 3 is 2.63 bits per heavy atom. The Labute approximate surface area is 114 Å². The maximum Gasteiger partial charge on any atom is 0.134 e. The first-order chi connectivity index (χ1) is 9.31. The molecule has 0 bridgehead atoms. The van der Waals surface area contributed by atoms with Crippen LogP contribution in [0.4, 0.5) is 0 Å². The van der Waals surface area contributed by atoms with Gasteiger partial charge in [0.2, 0.25) is 0 Å². The van der Waals surface area contributed by atoms with Crippen molar-refractivity contribution >= 4 is 11.0 Å². The van der Waals surface area contributed by atoms with Gasteiger partial charge in [0.15, 0.2) is 0 Å². The number of hydrogen-bond acceptors (Lipinski definition) is 2. The van der Waals surface area contributed by atoms with E-state index in [2.05, 4.69) is 24.4 Å². The van der Waals surface area contributed by atoms with Gasteiger partial charge in [-0.25, -0.2) is 0 Å². The van der Waals surface area contributed by atoms with Crippen LogP contribution in [0.25, 0.3) is 11.0 Å². The van der Waals surface area contributed by atoms with Gasteiger partial charge in [-0.05, 0) is 74.3 Å². The summed E-state index contributed by atoms with van der Waals surface area (Å²) in [6.07, 6.45) is 7.78. The molecule has 1 saturated carbocycles. The van der Waals surface area contributed by atoms with Gasteiger partial charge in [0.1, 0.15) is 11.3 Å². The van der Waals surface area contributed by atoms with E-state index >= 15 is 0 Å². The van der Waals surface area contributed by atoms with E-state index in [1.807, 2.05) is 0 Å². The number of furan rings is 1. The van der Waals surface area contributed by atoms with Crippen molar-refractivity contribution in [1.82, 2.24) is 5.32 Å². The molecule has 0 aliphatic heterocycles. The molecule has 2 nitrogen and oxygen atoms in total. The lowest BCUT2D eigenvalue weighted by molar-refractivity contribution is 0.508. The van der Waals surface area contributed by atoms with Gasteiger partial charge in [-0.15, -0.1) is 0 Å². The quantitative estimate of drug-likeness (QED) is 0.900. The van der Waals surface area contributed by atoms with Gasteiger partial charge in [-0.1, -0.05) is 0 Å². The Morgan fingerprint density at radius 1 is 1.16 bits per heavy atom. The van der Waals surface area contributed by atoms with Crippen LogP contribution in [0.2, 0.25) is 0 Å². The smallest absolute Gasteiger partial charge is 0.134 e. The van der Waals surface area contributed by atoms with Crippen LogP contribution in [0.1, 0.15) is 48.1 Å². The lowest BCUT2D eigenvalue weighted by Crippen LogP contribution is -2.15. The minimum atomic E-state index is 0.737. The van der Waals surface area contributed by atoms with Gasteiger partial charge in [-0.2, -0.15) is 0 Å². The van der Waals surface area contributed by atoms with Gasteiger partial charge in [-0.3, -0.25) is 0 Å². The normalized spacial score (nSPS) is 18.8. The fourth-order valence-electron chi connectivity index (χ4n) is 3.19. The van der Waals surface area contributed by atoms with E-state index in [4.69, 9.17) is 4.42 Å². The molecule has 1 N–H and O–H groups in total. The fourth-order valence-corrected chi connectivity index (χ4v) is 3.19. The van der Waals surface area contributed by atoms with E-state index in [1.165, 1.54) is 55.0 Å². The van der Waals surface area contributed by atoms with E-state index in [9.17, 15) is 0 Å². The molecule has 100 valence electrons. The first-order valence-corrected chi connectivity index (χ1v) is 7.58. The third-order valence-electron chi connectivity index (χ3n) is 4.63. The first kappa shape index (κ1) is 11.5. The Bertz CT molecular complexity index is 622. The minimum absolute atomic E-state index is 0.737. The zero-order chi connectivity index (χ0) is 12.8. The summed E-state index contributed by atoms with van der Waals surface area (Å²) < 4.78 is 6.08. The van der Waals surface area contributed by atoms with Crippen molar-refractivity contribution in [1.29, 1.82) is 0 Å². The molecule has 4 rings (SSSR count). The molecule has 2 aliphatic rings. The highest BCUT2D eigenvalue weighted by Crippen LogP contribution is 2.32. The zero-order valence-electron chi connectivity index (χ0n) is 11.6. The van der Waals surface area contributed by atoms with E-state index < -0.39 is 0 Å². The first-order valence-electron chi connectivity index (χ1n) is 7.58. The summed E-state index contributed by atoms with van der Waals surface area (Å²) in [5, 5.41) is 4.88. The molecule has 2 aliphatic carbocycles. The number of nitrogens with one attached hydrogen (secondary N) is 1. The number of rotatable bonds is 3. The topological polar surface area (TPSA) is 25.2 Å². The Morgan fingerprint density at radius 2 is 1.89 bits per heavy atom. The summed E-state index contributed by atoms with van der Waals surface area (Å²) >= 11 is 0. The Hall–Kier alpha value is -1.28. The zero-order valence-corrected chi connectivity index (χ0v) is 11.6. The highest BCUT2D eigenvalue weighted by atomic mass is 16.3. The van der Waals surface area contributed by atoms with Crippen molar-refractivity contribution < 1.29 is 4.42 Å². The second-order valence-corrected chi connectivity index (χ2v) is 6.13. The van der Waals surface area contributed by atoms with E-state index in [-0.39, 0.29) is 0 Å². The van der Waals surface area contributed by atoms with Crippen LogP contribution in [-0.2, 0) is 19.4 Å². The van der Waals surface area contributed by atoms with Crippen molar-refractivity contribution in [2.45, 2.75) is 58.0 Å². The summed E-state index contributed by atoms with van der Waals surface area (Å²) in [6.45, 7) is 3.08. The Kier molecular flexibility index (Phi) is 2.66. The van der Waals surface area contributed by atoms with Crippen LogP contribution in [0, 0.1) is 6.92 Å². The molecule has 19 heavy (non-hydrogen) atoms. The second-order valence-electron chi connectivity index (χ2n) is 6.13. The predicted molar refractivity (Wildman–Crippen MR) is 77.5 cm³/mol. The molecule has 2 aromatic rings. The Balaban J connectivity index is 1.72. The molecule has 1 heterocycles. The van der Waals surface area contributed by atoms with Gasteiger partial charge in [0.05, 0.1) is 6.54 Å². The largest absolute Gasteiger partial charge is 0.459 e. The fraction of sp³-hybridized carbons (Fsp3) is 0.529. The minimum Gasteiger partial charge on any atom is -0.459 e. The summed E-state index contributed by atoms with van der Waals surface area (Å²) in [6, 6.07) is 5.40. The van der Waals surface area contributed by atoms with E-state index in [1.54, 1.807) is 5.56 Å². The van der Waals surface area contributed by atoms with Crippen LogP contribution in [0.15, 0.2) is 16.5 Å². The average molecular weight is 255 g/mol. The number of benzene rings is 1. The molecule has 2 heteroatoms. The van der Waals surface area contributed by atoms with Crippen molar-refractivity contribution in [3.8, 4) is 0 Å². The lowest BCUT2D eigenvalue weighted by Gasteiger charge is -2.14. The summed E-state index contributed by atoms with van der Waals surface area (Å²) in [5.74, 6) is 1.13. The standard InChI is InChI=1S/C17H21NO/c1-11-15-8-12-4-2-3-5-13(12)9-16(15)19-17(11)10-18-14-6-7-14/h8-9,14,18H,2-7,10H2,1H3. The molecule has 1 aromatic heterocycles. The molecule has 1 fully saturated rings. The van der Waals surface area contributed by atoms with Crippen LogP contribution >= 0.6 is 0 Å². The summed E-state index contributed by atoms with van der Waals surface area (Å²) in [5.41, 5.74) is 5.47. The highest BCUT2D eigenvalue weighted by Gasteiger charge is 2.22. The molecular weight excluding hydrogens is 234 g/mol. The molecule has 0 radical (unpaired) electrons. The van der Waals surface area contributed by atoms with Gasteiger partial charge < -0.3 is 9.73 Å². The van der Waals surface area contributed by atoms with Crippen molar-refractivity contribution in [3.05, 3.63) is 34.6 Å². The maximum absolute atomic E-state index is 6.08. The maximum atomic E-state index is 6.08. The van der Waals surface area contributed by atoms with Gasteiger partial charge >= 0.3 is 0 Å². The van der Waals surface area contributed by atoms with Crippen molar-refractivity contribution in [2.75, 3.05) is 0 Å². The molecule has 0 atom stereocenters. The molecular formula is C17H21NO. The average Bonchev–Trinajstić information content (AvgIpc) is 3.21. The summed E-state index contributed by atoms with van der Waals surface area (Å²) in [4.78, 5) is 0. The van der Waals surface area contributed by atoms with E-state index in [0.29, 0.717) is 0 Å². The third-order valence-corrected chi connectivity index (χ3v) is 4.63. The lowest BCUT2D eigenvalue weighted by atomic mass is 9.90. The van der Waals surface area contributed by atoms with Crippen molar-refractivity contribution in [2.24, 2.45) is 0 Å². The van der Waals surface area contributed by atoms with Crippen LogP contribution in [0.3, 0.4) is 0 Å². The number of fused-ring (bicyclic) bond motifs is 2. The molecule has 0 spiro atoms. The molecule has 1 aromatic carbocycles. The number of aryl methyl sites for hydroxylation is 3. The van der Waals surface area contributed by atoms with Crippen LogP contribution in [0.5, 0.6) is 0 Å². The predicted octanol–water partition coefficient (Wildman–Crippen LogP) is 3.87. The third kappa shape index (κ3) is 2.08. The number of hydrogen-bond donors (Lipinski definition) is 1. The van der Waals surface area contributed by atoms with Crippen LogP contribution < -0.4 is 5.32 Å². The van der Waals surface area contributed by atoms with Crippen molar-refractivity contribution in [3.63, 3.8) is 0 Å². The van der Waals surface area contributed by atoms with Gasteiger partial charge in [0.25, 0.3) is 0 Å². The summed E-state index contributed by atoms with van der Waals surface area (Å²) in [7, 11) is 0.